The highest BCUT2D eigenvalue weighted by Crippen LogP contribution is 2.21. The molecule has 1 heterocycles. The largest absolute Gasteiger partial charge is 0.490 e. The Bertz CT molecular complexity index is 243. The first-order chi connectivity index (χ1) is 5.74. The van der Waals surface area contributed by atoms with Crippen molar-refractivity contribution in [1.29, 1.82) is 0 Å². The predicted molar refractivity (Wildman–Crippen MR) is 47.3 cm³/mol. The number of aryl methyl sites for hydroxylation is 2. The molecule has 0 atom stereocenters. The molecule has 0 aliphatic heterocycles. The minimum absolute atomic E-state index is 0.663. The van der Waals surface area contributed by atoms with Gasteiger partial charge in [-0.2, -0.15) is 0 Å². The molecule has 1 aromatic heterocycles. The van der Waals surface area contributed by atoms with Gasteiger partial charge in [0.05, 0.1) is 6.61 Å². The van der Waals surface area contributed by atoms with E-state index in [9.17, 15) is 0 Å². The van der Waals surface area contributed by atoms with Gasteiger partial charge in [-0.1, -0.05) is 0 Å². The Morgan fingerprint density at radius 1 is 1.50 bits per heavy atom. The second-order valence-electron chi connectivity index (χ2n) is 2.77. The van der Waals surface area contributed by atoms with E-state index >= 15 is 0 Å². The molecule has 0 bridgehead atoms. The topological polar surface area (TPSA) is 48.4 Å². The maximum Gasteiger partial charge on any atom is 0.160 e. The molecule has 0 amide bonds. The summed E-state index contributed by atoms with van der Waals surface area (Å²) in [5, 5.41) is 0. The maximum atomic E-state index is 5.42. The fraction of sp³-hybridized carbons (Fsp3) is 0.556. The summed E-state index contributed by atoms with van der Waals surface area (Å²) >= 11 is 0. The van der Waals surface area contributed by atoms with Gasteiger partial charge in [0.15, 0.2) is 5.75 Å². The Kier molecular flexibility index (Phi) is 3.17. The van der Waals surface area contributed by atoms with E-state index in [2.05, 4.69) is 0 Å². The number of hydrogen-bond acceptors (Lipinski definition) is 3. The lowest BCUT2D eigenvalue weighted by molar-refractivity contribution is 0.305. The fourth-order valence-electron chi connectivity index (χ4n) is 1.02. The molecule has 12 heavy (non-hydrogen) atoms. The first kappa shape index (κ1) is 9.13. The zero-order valence-electron chi connectivity index (χ0n) is 7.59. The van der Waals surface area contributed by atoms with E-state index in [1.807, 2.05) is 19.9 Å². The van der Waals surface area contributed by atoms with Crippen molar-refractivity contribution in [2.45, 2.75) is 20.3 Å². The first-order valence-corrected chi connectivity index (χ1v) is 4.14. The number of ether oxygens (including phenoxy) is 1. The molecule has 0 spiro atoms. The van der Waals surface area contributed by atoms with Crippen LogP contribution in [0.15, 0.2) is 10.5 Å². The maximum absolute atomic E-state index is 5.42. The molecular formula is C9H15NO2. The van der Waals surface area contributed by atoms with Crippen LogP contribution in [0.1, 0.15) is 17.9 Å². The Hall–Kier alpha value is -0.960. The summed E-state index contributed by atoms with van der Waals surface area (Å²) in [6.45, 7) is 5.12. The third-order valence-electron chi connectivity index (χ3n) is 1.60. The van der Waals surface area contributed by atoms with Gasteiger partial charge >= 0.3 is 0 Å². The van der Waals surface area contributed by atoms with Crippen LogP contribution in [-0.4, -0.2) is 13.2 Å². The van der Waals surface area contributed by atoms with Gasteiger partial charge in [-0.25, -0.2) is 0 Å². The van der Waals surface area contributed by atoms with Gasteiger partial charge in [-0.15, -0.1) is 0 Å². The Morgan fingerprint density at radius 3 is 2.75 bits per heavy atom. The Labute approximate surface area is 72.5 Å². The zero-order valence-corrected chi connectivity index (χ0v) is 7.59. The van der Waals surface area contributed by atoms with Crippen LogP contribution in [0.3, 0.4) is 0 Å². The zero-order chi connectivity index (χ0) is 8.97. The SMILES string of the molecule is Cc1cc(OCCCN)c(C)o1. The fourth-order valence-corrected chi connectivity index (χ4v) is 1.02. The Balaban J connectivity index is 2.45. The number of furan rings is 1. The van der Waals surface area contributed by atoms with E-state index in [1.165, 1.54) is 0 Å². The van der Waals surface area contributed by atoms with Crippen molar-refractivity contribution in [3.63, 3.8) is 0 Å². The first-order valence-electron chi connectivity index (χ1n) is 4.14. The van der Waals surface area contributed by atoms with E-state index in [4.69, 9.17) is 14.9 Å². The minimum Gasteiger partial charge on any atom is -0.490 e. The van der Waals surface area contributed by atoms with E-state index in [0.717, 1.165) is 23.7 Å². The summed E-state index contributed by atoms with van der Waals surface area (Å²) in [4.78, 5) is 0. The van der Waals surface area contributed by atoms with E-state index in [1.54, 1.807) is 0 Å². The van der Waals surface area contributed by atoms with Crippen LogP contribution in [0.4, 0.5) is 0 Å². The van der Waals surface area contributed by atoms with Crippen LogP contribution in [0.25, 0.3) is 0 Å². The van der Waals surface area contributed by atoms with Crippen molar-refractivity contribution in [3.8, 4) is 5.75 Å². The van der Waals surface area contributed by atoms with Crippen LogP contribution in [-0.2, 0) is 0 Å². The van der Waals surface area contributed by atoms with Crippen molar-refractivity contribution in [2.24, 2.45) is 5.73 Å². The average Bonchev–Trinajstić information content (AvgIpc) is 2.31. The van der Waals surface area contributed by atoms with Crippen molar-refractivity contribution >= 4 is 0 Å². The molecule has 2 N–H and O–H groups in total. The lowest BCUT2D eigenvalue weighted by Gasteiger charge is -2.01. The van der Waals surface area contributed by atoms with Gasteiger partial charge in [-0.3, -0.25) is 0 Å². The molecule has 0 aliphatic rings. The summed E-state index contributed by atoms with van der Waals surface area (Å²) < 4.78 is 10.7. The number of hydrogen-bond donors (Lipinski definition) is 1. The summed E-state index contributed by atoms with van der Waals surface area (Å²) in [6.07, 6.45) is 0.879. The number of rotatable bonds is 4. The van der Waals surface area contributed by atoms with Crippen molar-refractivity contribution in [2.75, 3.05) is 13.2 Å². The van der Waals surface area contributed by atoms with Crippen molar-refractivity contribution in [1.82, 2.24) is 0 Å². The van der Waals surface area contributed by atoms with Crippen molar-refractivity contribution in [3.05, 3.63) is 17.6 Å². The molecule has 0 saturated carbocycles. The third-order valence-corrected chi connectivity index (χ3v) is 1.60. The molecule has 0 radical (unpaired) electrons. The molecule has 3 nitrogen and oxygen atoms in total. The van der Waals surface area contributed by atoms with Gasteiger partial charge < -0.3 is 14.9 Å². The van der Waals surface area contributed by atoms with E-state index < -0.39 is 0 Å². The molecule has 0 aromatic carbocycles. The van der Waals surface area contributed by atoms with Crippen LogP contribution in [0.5, 0.6) is 5.75 Å². The van der Waals surface area contributed by atoms with Gasteiger partial charge in [-0.05, 0) is 26.8 Å². The monoisotopic (exact) mass is 169 g/mol. The van der Waals surface area contributed by atoms with Crippen LogP contribution >= 0.6 is 0 Å². The molecule has 0 aliphatic carbocycles. The summed E-state index contributed by atoms with van der Waals surface area (Å²) in [5.74, 6) is 2.56. The second-order valence-corrected chi connectivity index (χ2v) is 2.77. The molecule has 0 saturated heterocycles. The van der Waals surface area contributed by atoms with Crippen LogP contribution < -0.4 is 10.5 Å². The smallest absolute Gasteiger partial charge is 0.160 e. The Morgan fingerprint density at radius 2 is 2.25 bits per heavy atom. The highest BCUT2D eigenvalue weighted by Gasteiger charge is 2.04. The molecular weight excluding hydrogens is 154 g/mol. The van der Waals surface area contributed by atoms with E-state index in [0.29, 0.717) is 13.2 Å². The molecule has 3 heteroatoms. The highest BCUT2D eigenvalue weighted by atomic mass is 16.5. The highest BCUT2D eigenvalue weighted by molar-refractivity contribution is 5.26. The average molecular weight is 169 g/mol. The molecule has 1 aromatic rings. The normalized spacial score (nSPS) is 10.2. The standard InChI is InChI=1S/C9H15NO2/c1-7-6-9(8(2)12-7)11-5-3-4-10/h6H,3-5,10H2,1-2H3. The summed E-state index contributed by atoms with van der Waals surface area (Å²) in [7, 11) is 0. The molecule has 0 unspecified atom stereocenters. The molecule has 68 valence electrons. The van der Waals surface area contributed by atoms with Crippen LogP contribution in [0, 0.1) is 13.8 Å². The lowest BCUT2D eigenvalue weighted by atomic mass is 10.4. The van der Waals surface area contributed by atoms with E-state index in [-0.39, 0.29) is 0 Å². The van der Waals surface area contributed by atoms with Crippen LogP contribution in [0.2, 0.25) is 0 Å². The minimum atomic E-state index is 0.663. The second kappa shape index (κ2) is 4.16. The molecule has 0 fully saturated rings. The van der Waals surface area contributed by atoms with Gasteiger partial charge in [0.25, 0.3) is 0 Å². The quantitative estimate of drug-likeness (QED) is 0.697. The predicted octanol–water partition coefficient (Wildman–Crippen LogP) is 1.62. The van der Waals surface area contributed by atoms with Gasteiger partial charge in [0, 0.05) is 6.07 Å². The third kappa shape index (κ3) is 2.27. The van der Waals surface area contributed by atoms with Gasteiger partial charge in [0.1, 0.15) is 11.5 Å². The van der Waals surface area contributed by atoms with Gasteiger partial charge in [0.2, 0.25) is 0 Å². The summed E-state index contributed by atoms with van der Waals surface area (Å²) in [5.41, 5.74) is 5.33. The lowest BCUT2D eigenvalue weighted by Crippen LogP contribution is -2.06. The molecule has 1 rings (SSSR count). The summed E-state index contributed by atoms with van der Waals surface area (Å²) in [6, 6.07) is 1.89. The number of nitrogens with two attached hydrogens (primary N) is 1. The van der Waals surface area contributed by atoms with Crippen molar-refractivity contribution < 1.29 is 9.15 Å².